The molecule has 2 aliphatic rings. The number of anilines is 1. The van der Waals surface area contributed by atoms with Crippen LogP contribution in [0.1, 0.15) is 31.4 Å². The maximum atomic E-state index is 12.5. The van der Waals surface area contributed by atoms with Gasteiger partial charge in [-0.3, -0.25) is 9.59 Å². The van der Waals surface area contributed by atoms with Gasteiger partial charge in [0.15, 0.2) is 23.9 Å². The van der Waals surface area contributed by atoms with Gasteiger partial charge in [-0.05, 0) is 35.7 Å². The van der Waals surface area contributed by atoms with Crippen LogP contribution in [0.4, 0.5) is 5.69 Å². The molecule has 0 fully saturated rings. The lowest BCUT2D eigenvalue weighted by atomic mass is 9.83. The van der Waals surface area contributed by atoms with Crippen LogP contribution in [0.25, 0.3) is 0 Å². The van der Waals surface area contributed by atoms with Gasteiger partial charge < -0.3 is 19.1 Å². The molecule has 0 aromatic heterocycles. The van der Waals surface area contributed by atoms with Crippen molar-refractivity contribution >= 4 is 17.4 Å². The molecule has 30 heavy (non-hydrogen) atoms. The number of benzene rings is 2. The number of likely N-dealkylation sites (N-methyl/N-ethyl adjacent to an activating group) is 1. The largest absolute Gasteiger partial charge is 0.457 e. The lowest BCUT2D eigenvalue weighted by molar-refractivity contribution is -0.146. The molecule has 0 saturated heterocycles. The zero-order valence-corrected chi connectivity index (χ0v) is 17.4. The van der Waals surface area contributed by atoms with Gasteiger partial charge in [0.25, 0.3) is 0 Å². The second kappa shape index (κ2) is 7.86. The Morgan fingerprint density at radius 2 is 1.90 bits per heavy atom. The molecule has 0 spiro atoms. The first-order chi connectivity index (χ1) is 14.4. The lowest BCUT2D eigenvalue weighted by Crippen LogP contribution is -2.25. The van der Waals surface area contributed by atoms with Gasteiger partial charge in [0, 0.05) is 36.3 Å². The summed E-state index contributed by atoms with van der Waals surface area (Å²) in [6.07, 6.45) is 2.29. The zero-order valence-electron chi connectivity index (χ0n) is 17.4. The van der Waals surface area contributed by atoms with Crippen LogP contribution < -0.4 is 14.4 Å². The Balaban J connectivity index is 1.32. The summed E-state index contributed by atoms with van der Waals surface area (Å²) >= 11 is 0. The minimum Gasteiger partial charge on any atom is -0.457 e. The van der Waals surface area contributed by atoms with Gasteiger partial charge in [0.05, 0.1) is 0 Å². The second-order valence-electron chi connectivity index (χ2n) is 8.05. The number of rotatable bonds is 6. The van der Waals surface area contributed by atoms with Crippen LogP contribution in [0.3, 0.4) is 0 Å². The Labute approximate surface area is 176 Å². The maximum Gasteiger partial charge on any atom is 0.306 e. The van der Waals surface area contributed by atoms with Crippen LogP contribution in [0.2, 0.25) is 0 Å². The number of allylic oxidation sites excluding steroid dienone is 1. The van der Waals surface area contributed by atoms with E-state index in [9.17, 15) is 9.59 Å². The van der Waals surface area contributed by atoms with Gasteiger partial charge >= 0.3 is 5.97 Å². The molecule has 2 aromatic rings. The molecule has 2 aliphatic heterocycles. The number of para-hydroxylation sites is 1. The minimum atomic E-state index is -0.401. The fraction of sp³-hybridized carbons (Fsp3) is 0.333. The van der Waals surface area contributed by atoms with Crippen molar-refractivity contribution in [3.05, 3.63) is 65.4 Å². The topological polar surface area (TPSA) is 65.1 Å². The standard InChI is InChI=1S/C24H25NO5/c1-24(2)18-6-4-5-7-19(18)25(3)22(24)13-17(26)14-28-23(27)11-9-16-8-10-20-21(12-16)30-15-29-20/h4-8,10,12-13H,9,11,14-15H2,1-3H3/b22-13-. The number of fused-ring (bicyclic) bond motifs is 2. The quantitative estimate of drug-likeness (QED) is 0.537. The monoisotopic (exact) mass is 407 g/mol. The van der Waals surface area contributed by atoms with Crippen molar-refractivity contribution in [1.29, 1.82) is 0 Å². The Hall–Kier alpha value is -3.28. The molecule has 0 N–H and O–H groups in total. The van der Waals surface area contributed by atoms with Crippen molar-refractivity contribution in [2.45, 2.75) is 32.1 Å². The van der Waals surface area contributed by atoms with Crippen molar-refractivity contribution < 1.29 is 23.8 Å². The van der Waals surface area contributed by atoms with Gasteiger partial charge in [-0.2, -0.15) is 0 Å². The Morgan fingerprint density at radius 1 is 1.13 bits per heavy atom. The molecular weight excluding hydrogens is 382 g/mol. The van der Waals surface area contributed by atoms with Crippen LogP contribution in [-0.4, -0.2) is 32.2 Å². The number of carbonyl (C=O) groups is 2. The SMILES string of the molecule is CN1/C(=C\C(=O)COC(=O)CCc2ccc3c(c2)OCO3)C(C)(C)c2ccccc21. The smallest absolute Gasteiger partial charge is 0.306 e. The van der Waals surface area contributed by atoms with Gasteiger partial charge in [-0.1, -0.05) is 38.1 Å². The molecule has 0 aliphatic carbocycles. The lowest BCUT2D eigenvalue weighted by Gasteiger charge is -2.23. The van der Waals surface area contributed by atoms with E-state index in [1.54, 1.807) is 6.08 Å². The fourth-order valence-corrected chi connectivity index (χ4v) is 4.02. The molecule has 4 rings (SSSR count). The highest BCUT2D eigenvalue weighted by Crippen LogP contribution is 2.46. The van der Waals surface area contributed by atoms with Crippen LogP contribution in [0, 0.1) is 0 Å². The fourth-order valence-electron chi connectivity index (χ4n) is 4.02. The van der Waals surface area contributed by atoms with Crippen molar-refractivity contribution in [1.82, 2.24) is 0 Å². The van der Waals surface area contributed by atoms with Crippen molar-refractivity contribution in [2.75, 3.05) is 25.3 Å². The second-order valence-corrected chi connectivity index (χ2v) is 8.05. The Kier molecular flexibility index (Phi) is 5.24. The number of ketones is 1. The molecule has 0 amide bonds. The molecule has 2 heterocycles. The highest BCUT2D eigenvalue weighted by molar-refractivity contribution is 5.94. The maximum absolute atomic E-state index is 12.5. The summed E-state index contributed by atoms with van der Waals surface area (Å²) in [6.45, 7) is 4.14. The van der Waals surface area contributed by atoms with E-state index in [-0.39, 0.29) is 31.0 Å². The number of esters is 1. The Bertz CT molecular complexity index is 1020. The molecular formula is C24H25NO5. The summed E-state index contributed by atoms with van der Waals surface area (Å²) in [5, 5.41) is 0. The van der Waals surface area contributed by atoms with Crippen LogP contribution in [0.15, 0.2) is 54.2 Å². The molecule has 2 aromatic carbocycles. The number of carbonyl (C=O) groups excluding carboxylic acids is 2. The summed E-state index contributed by atoms with van der Waals surface area (Å²) in [5.41, 5.74) is 3.82. The average molecular weight is 407 g/mol. The van der Waals surface area contributed by atoms with E-state index in [1.807, 2.05) is 48.3 Å². The van der Waals surface area contributed by atoms with Crippen molar-refractivity contribution in [2.24, 2.45) is 0 Å². The minimum absolute atomic E-state index is 0.195. The molecule has 0 bridgehead atoms. The predicted molar refractivity (Wildman–Crippen MR) is 113 cm³/mol. The highest BCUT2D eigenvalue weighted by atomic mass is 16.7. The molecule has 156 valence electrons. The third kappa shape index (κ3) is 3.77. The van der Waals surface area contributed by atoms with E-state index < -0.39 is 5.97 Å². The van der Waals surface area contributed by atoms with Crippen LogP contribution >= 0.6 is 0 Å². The molecule has 0 radical (unpaired) electrons. The van der Waals surface area contributed by atoms with Gasteiger partial charge in [-0.25, -0.2) is 0 Å². The molecule has 6 heteroatoms. The summed E-state index contributed by atoms with van der Waals surface area (Å²) in [7, 11) is 1.95. The Morgan fingerprint density at radius 3 is 2.70 bits per heavy atom. The van der Waals surface area contributed by atoms with Crippen molar-refractivity contribution in [3.63, 3.8) is 0 Å². The first-order valence-corrected chi connectivity index (χ1v) is 9.98. The number of ether oxygens (including phenoxy) is 3. The molecule has 6 nitrogen and oxygen atoms in total. The molecule has 0 atom stereocenters. The van der Waals surface area contributed by atoms with Gasteiger partial charge in [0.2, 0.25) is 6.79 Å². The third-order valence-corrected chi connectivity index (χ3v) is 5.67. The van der Waals surface area contributed by atoms with E-state index >= 15 is 0 Å². The van der Waals surface area contributed by atoms with E-state index in [1.165, 1.54) is 5.56 Å². The first kappa shape index (κ1) is 20.0. The third-order valence-electron chi connectivity index (χ3n) is 5.67. The average Bonchev–Trinajstić information content (AvgIpc) is 3.28. The highest BCUT2D eigenvalue weighted by Gasteiger charge is 2.38. The van der Waals surface area contributed by atoms with Gasteiger partial charge in [0.1, 0.15) is 0 Å². The van der Waals surface area contributed by atoms with Crippen LogP contribution in [-0.2, 0) is 26.2 Å². The van der Waals surface area contributed by atoms with Crippen molar-refractivity contribution in [3.8, 4) is 11.5 Å². The van der Waals surface area contributed by atoms with E-state index in [2.05, 4.69) is 19.9 Å². The number of nitrogens with zero attached hydrogens (tertiary/aromatic N) is 1. The summed E-state index contributed by atoms with van der Waals surface area (Å²) in [5.74, 6) is 0.768. The predicted octanol–water partition coefficient (Wildman–Crippen LogP) is 3.77. The number of hydrogen-bond donors (Lipinski definition) is 0. The zero-order chi connectivity index (χ0) is 21.3. The first-order valence-electron chi connectivity index (χ1n) is 9.98. The normalized spacial score (nSPS) is 17.2. The summed E-state index contributed by atoms with van der Waals surface area (Å²) in [4.78, 5) is 26.6. The summed E-state index contributed by atoms with van der Waals surface area (Å²) < 4.78 is 15.8. The van der Waals surface area contributed by atoms with Crippen LogP contribution in [0.5, 0.6) is 11.5 Å². The van der Waals surface area contributed by atoms with E-state index in [4.69, 9.17) is 14.2 Å². The van der Waals surface area contributed by atoms with Gasteiger partial charge in [-0.15, -0.1) is 0 Å². The summed E-state index contributed by atoms with van der Waals surface area (Å²) in [6, 6.07) is 13.7. The molecule has 0 unspecified atom stereocenters. The number of aryl methyl sites for hydroxylation is 1. The molecule has 0 saturated carbocycles. The number of hydrogen-bond acceptors (Lipinski definition) is 6. The van der Waals surface area contributed by atoms with E-state index in [0.717, 1.165) is 16.9 Å². The van der Waals surface area contributed by atoms with E-state index in [0.29, 0.717) is 17.9 Å².